The van der Waals surface area contributed by atoms with E-state index in [0.29, 0.717) is 5.69 Å². The van der Waals surface area contributed by atoms with Crippen molar-refractivity contribution in [2.75, 3.05) is 5.73 Å². The van der Waals surface area contributed by atoms with Crippen LogP contribution >= 0.6 is 0 Å². The number of H-pyrrole nitrogens is 1. The molecule has 0 radical (unpaired) electrons. The van der Waals surface area contributed by atoms with Crippen molar-refractivity contribution < 1.29 is 18.0 Å². The lowest BCUT2D eigenvalue weighted by molar-refractivity contribution is -0.163. The van der Waals surface area contributed by atoms with Crippen molar-refractivity contribution in [1.29, 1.82) is 0 Å². The van der Waals surface area contributed by atoms with Crippen LogP contribution in [0.25, 0.3) is 0 Å². The molecule has 1 saturated carbocycles. The summed E-state index contributed by atoms with van der Waals surface area (Å²) in [6, 6.07) is 0. The maximum atomic E-state index is 12.6. The molecule has 17 heavy (non-hydrogen) atoms. The van der Waals surface area contributed by atoms with Gasteiger partial charge in [-0.25, -0.2) is 0 Å². The largest absolute Gasteiger partial charge is 0.411 e. The van der Waals surface area contributed by atoms with Crippen molar-refractivity contribution in [1.82, 2.24) is 15.5 Å². The molecule has 2 rings (SSSR count). The molecule has 0 aliphatic heterocycles. The highest BCUT2D eigenvalue weighted by atomic mass is 19.4. The second kappa shape index (κ2) is 3.38. The van der Waals surface area contributed by atoms with Gasteiger partial charge in [0.05, 0.1) is 11.4 Å². The number of carbonyl (C=O) groups excluding carboxylic acids is 1. The first-order valence-corrected chi connectivity index (χ1v) is 4.96. The maximum Gasteiger partial charge on any atom is 0.411 e. The Balaban J connectivity index is 2.16. The highest BCUT2D eigenvalue weighted by Gasteiger charge is 2.64. The minimum atomic E-state index is -4.44. The van der Waals surface area contributed by atoms with E-state index >= 15 is 0 Å². The number of nitrogens with zero attached hydrogens (tertiary/aromatic N) is 1. The van der Waals surface area contributed by atoms with Crippen molar-refractivity contribution in [3.8, 4) is 0 Å². The summed E-state index contributed by atoms with van der Waals surface area (Å²) in [5.41, 5.74) is 3.75. The first-order valence-electron chi connectivity index (χ1n) is 4.96. The van der Waals surface area contributed by atoms with Gasteiger partial charge in [0.1, 0.15) is 5.54 Å². The standard InChI is InChI=1S/C9H11F3N4O/c1-4-5(13)6(16-15-4)7(17)14-8(2-3-8)9(10,11)12/h2-3,13H2,1H3,(H,14,17)(H,15,16). The molecule has 94 valence electrons. The van der Waals surface area contributed by atoms with Crippen LogP contribution in [0.15, 0.2) is 0 Å². The number of hydrogen-bond acceptors (Lipinski definition) is 3. The lowest BCUT2D eigenvalue weighted by Crippen LogP contribution is -2.48. The number of rotatable bonds is 2. The first kappa shape index (κ1) is 11.7. The van der Waals surface area contributed by atoms with Crippen molar-refractivity contribution in [2.24, 2.45) is 0 Å². The number of aromatic nitrogens is 2. The van der Waals surface area contributed by atoms with E-state index in [1.807, 2.05) is 5.32 Å². The van der Waals surface area contributed by atoms with Gasteiger partial charge in [0.15, 0.2) is 5.69 Å². The van der Waals surface area contributed by atoms with E-state index in [1.165, 1.54) is 0 Å². The lowest BCUT2D eigenvalue weighted by Gasteiger charge is -2.20. The third kappa shape index (κ3) is 1.83. The molecular weight excluding hydrogens is 237 g/mol. The summed E-state index contributed by atoms with van der Waals surface area (Å²) < 4.78 is 37.8. The van der Waals surface area contributed by atoms with Gasteiger partial charge in [-0.15, -0.1) is 0 Å². The van der Waals surface area contributed by atoms with Crippen LogP contribution in [0, 0.1) is 6.92 Å². The zero-order valence-electron chi connectivity index (χ0n) is 8.98. The molecule has 1 amide bonds. The maximum absolute atomic E-state index is 12.6. The molecule has 0 unspecified atom stereocenters. The van der Waals surface area contributed by atoms with Gasteiger partial charge in [0.25, 0.3) is 5.91 Å². The van der Waals surface area contributed by atoms with Crippen LogP contribution in [-0.4, -0.2) is 27.8 Å². The molecule has 1 aliphatic rings. The van der Waals surface area contributed by atoms with Crippen molar-refractivity contribution in [3.05, 3.63) is 11.4 Å². The molecule has 0 bridgehead atoms. The summed E-state index contributed by atoms with van der Waals surface area (Å²) in [6.07, 6.45) is -4.65. The quantitative estimate of drug-likeness (QED) is 0.733. The van der Waals surface area contributed by atoms with Crippen LogP contribution in [0.4, 0.5) is 18.9 Å². The van der Waals surface area contributed by atoms with E-state index in [-0.39, 0.29) is 24.2 Å². The summed E-state index contributed by atoms with van der Waals surface area (Å²) in [5.74, 6) is -0.901. The smallest absolute Gasteiger partial charge is 0.395 e. The van der Waals surface area contributed by atoms with Crippen molar-refractivity contribution in [3.63, 3.8) is 0 Å². The minimum absolute atomic E-state index is 0.0699. The predicted octanol–water partition coefficient (Wildman–Crippen LogP) is 1.13. The second-order valence-corrected chi connectivity index (χ2v) is 4.14. The number of alkyl halides is 3. The third-order valence-electron chi connectivity index (χ3n) is 2.86. The Labute approximate surface area is 94.6 Å². The number of anilines is 1. The predicted molar refractivity (Wildman–Crippen MR) is 53.2 cm³/mol. The Morgan fingerprint density at radius 2 is 2.12 bits per heavy atom. The highest BCUT2D eigenvalue weighted by Crippen LogP contribution is 2.49. The van der Waals surface area contributed by atoms with Crippen LogP contribution in [0.5, 0.6) is 0 Å². The van der Waals surface area contributed by atoms with Gasteiger partial charge >= 0.3 is 6.18 Å². The molecule has 1 aromatic rings. The molecule has 5 nitrogen and oxygen atoms in total. The summed E-state index contributed by atoms with van der Waals surface area (Å²) in [7, 11) is 0. The van der Waals surface area contributed by atoms with Crippen LogP contribution in [0.3, 0.4) is 0 Å². The topological polar surface area (TPSA) is 83.8 Å². The fourth-order valence-corrected chi connectivity index (χ4v) is 1.49. The summed E-state index contributed by atoms with van der Waals surface area (Å²) in [5, 5.41) is 7.98. The first-order chi connectivity index (χ1) is 7.77. The fourth-order valence-electron chi connectivity index (χ4n) is 1.49. The van der Waals surface area contributed by atoms with E-state index in [4.69, 9.17) is 5.73 Å². The second-order valence-electron chi connectivity index (χ2n) is 4.14. The van der Waals surface area contributed by atoms with Gasteiger partial charge in [-0.1, -0.05) is 0 Å². The molecule has 1 fully saturated rings. The van der Waals surface area contributed by atoms with Gasteiger partial charge in [0, 0.05) is 0 Å². The zero-order valence-corrected chi connectivity index (χ0v) is 8.98. The molecule has 1 aromatic heterocycles. The number of hydrogen-bond donors (Lipinski definition) is 3. The molecule has 0 atom stereocenters. The Hall–Kier alpha value is -1.73. The monoisotopic (exact) mass is 248 g/mol. The SMILES string of the molecule is Cc1[nH]nc(C(=O)NC2(C(F)(F)F)CC2)c1N. The van der Waals surface area contributed by atoms with Gasteiger partial charge < -0.3 is 11.1 Å². The number of aromatic amines is 1. The van der Waals surface area contributed by atoms with Gasteiger partial charge in [-0.05, 0) is 19.8 Å². The van der Waals surface area contributed by atoms with Crippen LogP contribution in [0.2, 0.25) is 0 Å². The van der Waals surface area contributed by atoms with E-state index in [9.17, 15) is 18.0 Å². The van der Waals surface area contributed by atoms with E-state index < -0.39 is 17.6 Å². The molecule has 1 heterocycles. The molecular formula is C9H11F3N4O. The van der Waals surface area contributed by atoms with Crippen molar-refractivity contribution in [2.45, 2.75) is 31.5 Å². The average molecular weight is 248 g/mol. The molecule has 0 spiro atoms. The van der Waals surface area contributed by atoms with E-state index in [2.05, 4.69) is 10.2 Å². The van der Waals surface area contributed by atoms with Crippen LogP contribution < -0.4 is 11.1 Å². The zero-order chi connectivity index (χ0) is 12.8. The normalized spacial score (nSPS) is 17.9. The van der Waals surface area contributed by atoms with Crippen LogP contribution in [0.1, 0.15) is 29.0 Å². The number of nitrogen functional groups attached to an aromatic ring is 1. The van der Waals surface area contributed by atoms with Gasteiger partial charge in [-0.3, -0.25) is 9.89 Å². The number of halogens is 3. The molecule has 4 N–H and O–H groups in total. The molecule has 0 aromatic carbocycles. The fraction of sp³-hybridized carbons (Fsp3) is 0.556. The number of amides is 1. The van der Waals surface area contributed by atoms with Gasteiger partial charge in [0.2, 0.25) is 0 Å². The third-order valence-corrected chi connectivity index (χ3v) is 2.86. The molecule has 1 aliphatic carbocycles. The number of carbonyl (C=O) groups is 1. The molecule has 8 heteroatoms. The lowest BCUT2D eigenvalue weighted by atomic mass is 10.2. The Kier molecular flexibility index (Phi) is 2.33. The van der Waals surface area contributed by atoms with Crippen molar-refractivity contribution >= 4 is 11.6 Å². The minimum Gasteiger partial charge on any atom is -0.395 e. The Morgan fingerprint density at radius 1 is 1.53 bits per heavy atom. The number of nitrogens with one attached hydrogen (secondary N) is 2. The van der Waals surface area contributed by atoms with E-state index in [1.54, 1.807) is 6.92 Å². The van der Waals surface area contributed by atoms with Crippen LogP contribution in [-0.2, 0) is 0 Å². The number of nitrogens with two attached hydrogens (primary N) is 1. The van der Waals surface area contributed by atoms with Gasteiger partial charge in [-0.2, -0.15) is 18.3 Å². The summed E-state index contributed by atoms with van der Waals surface area (Å²) in [6.45, 7) is 1.58. The molecule has 0 saturated heterocycles. The summed E-state index contributed by atoms with van der Waals surface area (Å²) >= 11 is 0. The highest BCUT2D eigenvalue weighted by molar-refractivity contribution is 5.98. The van der Waals surface area contributed by atoms with E-state index in [0.717, 1.165) is 0 Å². The Bertz CT molecular complexity index is 461. The summed E-state index contributed by atoms with van der Waals surface area (Å²) in [4.78, 5) is 11.6. The number of aryl methyl sites for hydroxylation is 1. The average Bonchev–Trinajstić information content (AvgIpc) is 2.91. The Morgan fingerprint density at radius 3 is 2.47 bits per heavy atom.